The molecule has 0 aliphatic carbocycles. The second-order valence-electron chi connectivity index (χ2n) is 4.45. The fraction of sp³-hybridized carbons (Fsp3) is 0.250. The Labute approximate surface area is 118 Å². The Bertz CT molecular complexity index is 578. The lowest BCUT2D eigenvalue weighted by molar-refractivity contribution is -0.134. The molecular formula is C16H19NO3. The maximum atomic E-state index is 12.2. The number of nitrogens with one attached hydrogen (secondary N) is 1. The fourth-order valence-electron chi connectivity index (χ4n) is 1.76. The predicted molar refractivity (Wildman–Crippen MR) is 78.1 cm³/mol. The average molecular weight is 273 g/mol. The van der Waals surface area contributed by atoms with Crippen molar-refractivity contribution in [1.82, 2.24) is 4.98 Å². The van der Waals surface area contributed by atoms with Crippen LogP contribution < -0.4 is 0 Å². The van der Waals surface area contributed by atoms with E-state index in [1.165, 1.54) is 5.56 Å². The maximum Gasteiger partial charge on any atom is 0.300 e. The average Bonchev–Trinajstić information content (AvgIpc) is 2.86. The Morgan fingerprint density at radius 3 is 2.20 bits per heavy atom. The molecule has 0 aliphatic rings. The lowest BCUT2D eigenvalue weighted by Crippen LogP contribution is -2.04. The van der Waals surface area contributed by atoms with Crippen molar-refractivity contribution in [2.45, 2.75) is 27.2 Å². The van der Waals surface area contributed by atoms with Crippen LogP contribution in [-0.2, 0) is 11.2 Å². The third-order valence-corrected chi connectivity index (χ3v) is 2.76. The van der Waals surface area contributed by atoms with Crippen LogP contribution in [0, 0.1) is 6.92 Å². The second kappa shape index (κ2) is 7.28. The van der Waals surface area contributed by atoms with Gasteiger partial charge in [0, 0.05) is 18.7 Å². The van der Waals surface area contributed by atoms with Crippen LogP contribution >= 0.6 is 0 Å². The Morgan fingerprint density at radius 1 is 1.15 bits per heavy atom. The van der Waals surface area contributed by atoms with Crippen molar-refractivity contribution in [3.05, 3.63) is 58.9 Å². The summed E-state index contributed by atoms with van der Waals surface area (Å²) in [6, 6.07) is 9.63. The summed E-state index contributed by atoms with van der Waals surface area (Å²) >= 11 is 0. The first kappa shape index (κ1) is 15.7. The van der Waals surface area contributed by atoms with Crippen molar-refractivity contribution in [2.75, 3.05) is 0 Å². The first-order valence-corrected chi connectivity index (χ1v) is 6.42. The van der Waals surface area contributed by atoms with E-state index in [9.17, 15) is 4.79 Å². The number of aliphatic carboxylic acids is 1. The van der Waals surface area contributed by atoms with E-state index in [0.29, 0.717) is 5.69 Å². The molecule has 0 fully saturated rings. The van der Waals surface area contributed by atoms with Crippen LogP contribution in [0.2, 0.25) is 0 Å². The number of aryl methyl sites for hydroxylation is 2. The molecule has 106 valence electrons. The summed E-state index contributed by atoms with van der Waals surface area (Å²) in [4.78, 5) is 24.2. The third kappa shape index (κ3) is 4.39. The van der Waals surface area contributed by atoms with Crippen LogP contribution in [0.5, 0.6) is 0 Å². The number of carboxylic acids is 1. The Hall–Kier alpha value is -2.36. The second-order valence-corrected chi connectivity index (χ2v) is 4.45. The standard InChI is InChI=1S/C14H15NO.C2H4O2/c1-3-11-8-9-15-13(11)14(16)12-6-4-10(2)5-7-12;1-2(3)4/h4-9,15H,3H2,1-2H3;1H3,(H,3,4). The highest BCUT2D eigenvalue weighted by Gasteiger charge is 2.13. The van der Waals surface area contributed by atoms with Crippen molar-refractivity contribution < 1.29 is 14.7 Å². The Morgan fingerprint density at radius 2 is 1.70 bits per heavy atom. The van der Waals surface area contributed by atoms with Gasteiger partial charge in [-0.25, -0.2) is 0 Å². The number of benzene rings is 1. The van der Waals surface area contributed by atoms with E-state index < -0.39 is 5.97 Å². The van der Waals surface area contributed by atoms with E-state index in [-0.39, 0.29) is 5.78 Å². The molecule has 1 heterocycles. The largest absolute Gasteiger partial charge is 0.481 e. The minimum Gasteiger partial charge on any atom is -0.481 e. The van der Waals surface area contributed by atoms with Gasteiger partial charge in [0.2, 0.25) is 5.78 Å². The van der Waals surface area contributed by atoms with Crippen LogP contribution in [0.15, 0.2) is 36.5 Å². The van der Waals surface area contributed by atoms with Crippen molar-refractivity contribution in [2.24, 2.45) is 0 Å². The highest BCUT2D eigenvalue weighted by atomic mass is 16.4. The number of aromatic nitrogens is 1. The van der Waals surface area contributed by atoms with Gasteiger partial charge < -0.3 is 10.1 Å². The number of aromatic amines is 1. The molecule has 1 aromatic heterocycles. The van der Waals surface area contributed by atoms with Gasteiger partial charge in [-0.05, 0) is 25.0 Å². The predicted octanol–water partition coefficient (Wildman–Crippen LogP) is 3.21. The normalized spacial score (nSPS) is 9.55. The molecule has 4 heteroatoms. The number of carboxylic acid groups (broad SMARTS) is 1. The molecule has 2 aromatic rings. The topological polar surface area (TPSA) is 70.2 Å². The molecule has 0 radical (unpaired) electrons. The lowest BCUT2D eigenvalue weighted by Gasteiger charge is -2.02. The van der Waals surface area contributed by atoms with Gasteiger partial charge in [-0.15, -0.1) is 0 Å². The van der Waals surface area contributed by atoms with E-state index in [1.807, 2.05) is 43.5 Å². The molecule has 0 saturated carbocycles. The van der Waals surface area contributed by atoms with E-state index in [4.69, 9.17) is 9.90 Å². The van der Waals surface area contributed by atoms with Gasteiger partial charge in [-0.3, -0.25) is 9.59 Å². The van der Waals surface area contributed by atoms with Crippen molar-refractivity contribution in [3.8, 4) is 0 Å². The van der Waals surface area contributed by atoms with Gasteiger partial charge in [-0.1, -0.05) is 36.8 Å². The summed E-state index contributed by atoms with van der Waals surface area (Å²) in [6.07, 6.45) is 2.69. The Kier molecular flexibility index (Phi) is 5.72. The maximum absolute atomic E-state index is 12.2. The molecule has 2 rings (SSSR count). The first-order valence-electron chi connectivity index (χ1n) is 6.42. The molecule has 0 saturated heterocycles. The molecule has 0 aliphatic heterocycles. The minimum atomic E-state index is -0.833. The number of carbonyl (C=O) groups is 2. The molecule has 0 unspecified atom stereocenters. The van der Waals surface area contributed by atoms with E-state index in [2.05, 4.69) is 11.9 Å². The molecule has 2 N–H and O–H groups in total. The monoisotopic (exact) mass is 273 g/mol. The number of hydrogen-bond donors (Lipinski definition) is 2. The molecule has 0 spiro atoms. The molecule has 1 aromatic carbocycles. The van der Waals surface area contributed by atoms with Crippen molar-refractivity contribution >= 4 is 11.8 Å². The van der Waals surface area contributed by atoms with Crippen molar-refractivity contribution in [3.63, 3.8) is 0 Å². The Balaban J connectivity index is 0.000000444. The SMILES string of the molecule is CC(=O)O.CCc1cc[nH]c1C(=O)c1ccc(C)cc1. The summed E-state index contributed by atoms with van der Waals surface area (Å²) in [5.41, 5.74) is 3.69. The quantitative estimate of drug-likeness (QED) is 0.844. The fourth-order valence-corrected chi connectivity index (χ4v) is 1.76. The van der Waals surface area contributed by atoms with Crippen LogP contribution in [0.3, 0.4) is 0 Å². The van der Waals surface area contributed by atoms with Gasteiger partial charge in [0.25, 0.3) is 5.97 Å². The van der Waals surface area contributed by atoms with Crippen LogP contribution in [-0.4, -0.2) is 21.8 Å². The zero-order chi connectivity index (χ0) is 15.1. The zero-order valence-electron chi connectivity index (χ0n) is 11.9. The minimum absolute atomic E-state index is 0.0712. The summed E-state index contributed by atoms with van der Waals surface area (Å²) in [6.45, 7) is 5.15. The number of carbonyl (C=O) groups excluding carboxylic acids is 1. The molecule has 0 amide bonds. The first-order chi connectivity index (χ1) is 9.45. The lowest BCUT2D eigenvalue weighted by atomic mass is 10.0. The van der Waals surface area contributed by atoms with Gasteiger partial charge in [-0.2, -0.15) is 0 Å². The summed E-state index contributed by atoms with van der Waals surface area (Å²) in [5, 5.41) is 7.42. The zero-order valence-corrected chi connectivity index (χ0v) is 11.9. The molecular weight excluding hydrogens is 254 g/mol. The number of hydrogen-bond acceptors (Lipinski definition) is 2. The smallest absolute Gasteiger partial charge is 0.300 e. The van der Waals surface area contributed by atoms with Gasteiger partial charge in [0.1, 0.15) is 0 Å². The number of rotatable bonds is 3. The molecule has 0 atom stereocenters. The molecule has 20 heavy (non-hydrogen) atoms. The number of H-pyrrole nitrogens is 1. The summed E-state index contributed by atoms with van der Waals surface area (Å²) < 4.78 is 0. The van der Waals surface area contributed by atoms with Crippen LogP contribution in [0.1, 0.15) is 41.0 Å². The van der Waals surface area contributed by atoms with E-state index >= 15 is 0 Å². The van der Waals surface area contributed by atoms with Crippen LogP contribution in [0.25, 0.3) is 0 Å². The van der Waals surface area contributed by atoms with Gasteiger partial charge in [0.15, 0.2) is 0 Å². The van der Waals surface area contributed by atoms with Gasteiger partial charge in [0.05, 0.1) is 5.69 Å². The van der Waals surface area contributed by atoms with Crippen LogP contribution in [0.4, 0.5) is 0 Å². The number of ketones is 1. The highest BCUT2D eigenvalue weighted by Crippen LogP contribution is 2.14. The van der Waals surface area contributed by atoms with Crippen molar-refractivity contribution in [1.29, 1.82) is 0 Å². The van der Waals surface area contributed by atoms with E-state index in [0.717, 1.165) is 24.5 Å². The third-order valence-electron chi connectivity index (χ3n) is 2.76. The highest BCUT2D eigenvalue weighted by molar-refractivity contribution is 6.08. The van der Waals surface area contributed by atoms with Gasteiger partial charge >= 0.3 is 0 Å². The van der Waals surface area contributed by atoms with E-state index in [1.54, 1.807) is 0 Å². The molecule has 4 nitrogen and oxygen atoms in total. The summed E-state index contributed by atoms with van der Waals surface area (Å²) in [5.74, 6) is -0.762. The summed E-state index contributed by atoms with van der Waals surface area (Å²) in [7, 11) is 0. The molecule has 0 bridgehead atoms.